The number of carboxylic acid groups (broad SMARTS) is 1. The van der Waals surface area contributed by atoms with Crippen molar-refractivity contribution in [2.45, 2.75) is 17.9 Å². The van der Waals surface area contributed by atoms with Crippen molar-refractivity contribution >= 4 is 23.4 Å². The highest BCUT2D eigenvalue weighted by Crippen LogP contribution is 2.19. The van der Waals surface area contributed by atoms with Gasteiger partial charge >= 0.3 is 5.97 Å². The number of hydrogen-bond donors (Lipinski definition) is 2. The highest BCUT2D eigenvalue weighted by molar-refractivity contribution is 7.98. The third-order valence-corrected chi connectivity index (χ3v) is 2.55. The summed E-state index contributed by atoms with van der Waals surface area (Å²) < 4.78 is 0. The van der Waals surface area contributed by atoms with Crippen LogP contribution in [-0.4, -0.2) is 23.4 Å². The number of aliphatic carboxylic acids is 1. The average molecular weight is 211 g/mol. The second-order valence-corrected chi connectivity index (χ2v) is 3.82. The van der Waals surface area contributed by atoms with Gasteiger partial charge < -0.3 is 10.4 Å². The molecule has 0 amide bonds. The van der Waals surface area contributed by atoms with E-state index in [0.717, 1.165) is 10.6 Å². The lowest BCUT2D eigenvalue weighted by Gasteiger charge is -2.11. The minimum atomic E-state index is -0.848. The second kappa shape index (κ2) is 4.91. The predicted molar refractivity (Wildman–Crippen MR) is 58.9 cm³/mol. The van der Waals surface area contributed by atoms with Crippen LogP contribution in [0.5, 0.6) is 0 Å². The van der Waals surface area contributed by atoms with Gasteiger partial charge in [-0.3, -0.25) is 4.79 Å². The van der Waals surface area contributed by atoms with Crippen molar-refractivity contribution in [1.82, 2.24) is 0 Å². The summed E-state index contributed by atoms with van der Waals surface area (Å²) in [7, 11) is 0. The zero-order valence-corrected chi connectivity index (χ0v) is 8.97. The van der Waals surface area contributed by atoms with Gasteiger partial charge in [0.2, 0.25) is 0 Å². The number of rotatable bonds is 4. The maximum absolute atomic E-state index is 10.6. The first-order chi connectivity index (χ1) is 6.63. The zero-order valence-electron chi connectivity index (χ0n) is 8.15. The van der Waals surface area contributed by atoms with E-state index in [2.05, 4.69) is 5.32 Å². The van der Waals surface area contributed by atoms with Crippen molar-refractivity contribution in [2.24, 2.45) is 0 Å². The van der Waals surface area contributed by atoms with Crippen molar-refractivity contribution in [2.75, 3.05) is 11.6 Å². The van der Waals surface area contributed by atoms with Crippen molar-refractivity contribution in [3.8, 4) is 0 Å². The number of benzene rings is 1. The molecule has 1 atom stereocenters. The Bertz CT molecular complexity index is 328. The fourth-order valence-corrected chi connectivity index (χ4v) is 1.48. The minimum absolute atomic E-state index is 0.563. The molecule has 0 aliphatic rings. The maximum atomic E-state index is 10.6. The normalized spacial score (nSPS) is 12.1. The minimum Gasteiger partial charge on any atom is -0.480 e. The zero-order chi connectivity index (χ0) is 10.6. The van der Waals surface area contributed by atoms with Crippen LogP contribution in [0.4, 0.5) is 5.69 Å². The highest BCUT2D eigenvalue weighted by Gasteiger charge is 2.09. The quantitative estimate of drug-likeness (QED) is 0.750. The molecule has 0 aliphatic carbocycles. The Balaban J connectivity index is 2.71. The van der Waals surface area contributed by atoms with Crippen molar-refractivity contribution in [3.05, 3.63) is 24.3 Å². The molecular formula is C10H13NO2S. The molecule has 0 unspecified atom stereocenters. The van der Waals surface area contributed by atoms with E-state index < -0.39 is 12.0 Å². The third-order valence-electron chi connectivity index (χ3n) is 1.82. The molecule has 0 fully saturated rings. The number of hydrogen-bond acceptors (Lipinski definition) is 3. The Labute approximate surface area is 87.5 Å². The lowest BCUT2D eigenvalue weighted by atomic mass is 10.2. The van der Waals surface area contributed by atoms with Crippen molar-refractivity contribution in [1.29, 1.82) is 0 Å². The fraction of sp³-hybridized carbons (Fsp3) is 0.300. The van der Waals surface area contributed by atoms with Crippen molar-refractivity contribution in [3.63, 3.8) is 0 Å². The van der Waals surface area contributed by atoms with Crippen LogP contribution in [0.3, 0.4) is 0 Å². The molecule has 0 bridgehead atoms. The van der Waals surface area contributed by atoms with Crippen LogP contribution in [0.1, 0.15) is 6.92 Å². The van der Waals surface area contributed by atoms with Gasteiger partial charge in [-0.05, 0) is 31.4 Å². The van der Waals surface area contributed by atoms with Gasteiger partial charge in [0, 0.05) is 10.6 Å². The molecule has 0 heterocycles. The van der Waals surface area contributed by atoms with Gasteiger partial charge in [-0.15, -0.1) is 11.8 Å². The summed E-state index contributed by atoms with van der Waals surface area (Å²) in [6, 6.07) is 7.12. The summed E-state index contributed by atoms with van der Waals surface area (Å²) >= 11 is 1.63. The van der Waals surface area contributed by atoms with Gasteiger partial charge in [-0.1, -0.05) is 6.07 Å². The van der Waals surface area contributed by atoms with E-state index in [0.29, 0.717) is 0 Å². The number of anilines is 1. The van der Waals surface area contributed by atoms with Gasteiger partial charge in [-0.25, -0.2) is 0 Å². The lowest BCUT2D eigenvalue weighted by molar-refractivity contribution is -0.137. The second-order valence-electron chi connectivity index (χ2n) is 2.94. The monoisotopic (exact) mass is 211 g/mol. The van der Waals surface area contributed by atoms with Crippen LogP contribution in [0.25, 0.3) is 0 Å². The van der Waals surface area contributed by atoms with Gasteiger partial charge in [0.1, 0.15) is 6.04 Å². The Morgan fingerprint density at radius 2 is 2.29 bits per heavy atom. The third kappa shape index (κ3) is 2.96. The van der Waals surface area contributed by atoms with E-state index in [-0.39, 0.29) is 0 Å². The summed E-state index contributed by atoms with van der Waals surface area (Å²) in [4.78, 5) is 11.7. The maximum Gasteiger partial charge on any atom is 0.325 e. The topological polar surface area (TPSA) is 49.3 Å². The highest BCUT2D eigenvalue weighted by atomic mass is 32.2. The first-order valence-corrected chi connectivity index (χ1v) is 5.49. The van der Waals surface area contributed by atoms with Crippen LogP contribution in [0.2, 0.25) is 0 Å². The van der Waals surface area contributed by atoms with E-state index in [4.69, 9.17) is 5.11 Å². The van der Waals surface area contributed by atoms with Crippen LogP contribution >= 0.6 is 11.8 Å². The average Bonchev–Trinajstić information content (AvgIpc) is 2.18. The Hall–Kier alpha value is -1.16. The fourth-order valence-electron chi connectivity index (χ4n) is 1.02. The molecule has 3 nitrogen and oxygen atoms in total. The van der Waals surface area contributed by atoms with Crippen LogP contribution < -0.4 is 5.32 Å². The van der Waals surface area contributed by atoms with Crippen LogP contribution in [0, 0.1) is 0 Å². The lowest BCUT2D eigenvalue weighted by Crippen LogP contribution is -2.25. The van der Waals surface area contributed by atoms with Gasteiger partial charge in [-0.2, -0.15) is 0 Å². The molecule has 14 heavy (non-hydrogen) atoms. The van der Waals surface area contributed by atoms with Gasteiger partial charge in [0.05, 0.1) is 0 Å². The van der Waals surface area contributed by atoms with Crippen LogP contribution in [0.15, 0.2) is 29.2 Å². The molecule has 0 aromatic heterocycles. The largest absolute Gasteiger partial charge is 0.480 e. The predicted octanol–water partition coefficient (Wildman–Crippen LogP) is 2.29. The standard InChI is InChI=1S/C10H13NO2S/c1-7(10(12)13)11-8-4-3-5-9(6-8)14-2/h3-7,11H,1-2H3,(H,12,13)/t7-/m1/s1. The molecule has 1 aromatic rings. The first kappa shape index (κ1) is 10.9. The molecule has 0 radical (unpaired) electrons. The summed E-state index contributed by atoms with van der Waals surface area (Å²) in [6.45, 7) is 1.62. The first-order valence-electron chi connectivity index (χ1n) is 4.27. The summed E-state index contributed by atoms with van der Waals surface area (Å²) in [6.07, 6.45) is 1.99. The summed E-state index contributed by atoms with van der Waals surface area (Å²) in [5, 5.41) is 11.6. The molecule has 1 rings (SSSR count). The van der Waals surface area contributed by atoms with Crippen molar-refractivity contribution < 1.29 is 9.90 Å². The van der Waals surface area contributed by atoms with E-state index >= 15 is 0 Å². The molecule has 4 heteroatoms. The van der Waals surface area contributed by atoms with Crippen LogP contribution in [-0.2, 0) is 4.79 Å². The molecule has 2 N–H and O–H groups in total. The molecule has 0 saturated heterocycles. The SMILES string of the molecule is CSc1cccc(N[C@H](C)C(=O)O)c1. The molecular weight excluding hydrogens is 198 g/mol. The smallest absolute Gasteiger partial charge is 0.325 e. The molecule has 0 saturated carbocycles. The van der Waals surface area contributed by atoms with E-state index in [9.17, 15) is 4.79 Å². The Kier molecular flexibility index (Phi) is 3.83. The number of carbonyl (C=O) groups is 1. The van der Waals surface area contributed by atoms with E-state index in [1.807, 2.05) is 30.5 Å². The molecule has 0 spiro atoms. The number of thioether (sulfide) groups is 1. The van der Waals surface area contributed by atoms with Gasteiger partial charge in [0.25, 0.3) is 0 Å². The van der Waals surface area contributed by atoms with Gasteiger partial charge in [0.15, 0.2) is 0 Å². The summed E-state index contributed by atoms with van der Waals surface area (Å²) in [5.74, 6) is -0.848. The summed E-state index contributed by atoms with van der Waals surface area (Å²) in [5.41, 5.74) is 0.840. The number of carboxylic acids is 1. The molecule has 76 valence electrons. The van der Waals surface area contributed by atoms with E-state index in [1.165, 1.54) is 0 Å². The van der Waals surface area contributed by atoms with E-state index in [1.54, 1.807) is 18.7 Å². The number of nitrogens with one attached hydrogen (secondary N) is 1. The molecule has 1 aromatic carbocycles. The Morgan fingerprint density at radius 3 is 2.86 bits per heavy atom. The Morgan fingerprint density at radius 1 is 1.57 bits per heavy atom. The molecule has 0 aliphatic heterocycles.